The van der Waals surface area contributed by atoms with Crippen molar-refractivity contribution in [3.8, 4) is 17.2 Å². The van der Waals surface area contributed by atoms with Crippen molar-refractivity contribution in [2.75, 3.05) is 30.5 Å². The van der Waals surface area contributed by atoms with Gasteiger partial charge in [0.2, 0.25) is 11.7 Å². The SMILES string of the molecule is CCOc1cc(C(=O)Nc2ccc(NC(=O)Cc3ccccc3)cc2)cc(OCC)c1OCC. The van der Waals surface area contributed by atoms with E-state index in [1.165, 1.54) is 0 Å². The summed E-state index contributed by atoms with van der Waals surface area (Å²) in [5.41, 5.74) is 2.57. The van der Waals surface area contributed by atoms with Gasteiger partial charge in [-0.3, -0.25) is 9.59 Å². The highest BCUT2D eigenvalue weighted by Gasteiger charge is 2.18. The molecular formula is C27H30N2O5. The Kier molecular flexibility index (Phi) is 8.91. The van der Waals surface area contributed by atoms with Crippen molar-refractivity contribution in [1.82, 2.24) is 0 Å². The van der Waals surface area contributed by atoms with Gasteiger partial charge in [0.25, 0.3) is 5.91 Å². The van der Waals surface area contributed by atoms with Gasteiger partial charge in [-0.15, -0.1) is 0 Å². The summed E-state index contributed by atoms with van der Waals surface area (Å²) >= 11 is 0. The van der Waals surface area contributed by atoms with E-state index in [0.717, 1.165) is 5.56 Å². The molecule has 0 saturated heterocycles. The second-order valence-corrected chi connectivity index (χ2v) is 7.34. The second kappa shape index (κ2) is 12.3. The average Bonchev–Trinajstić information content (AvgIpc) is 2.83. The topological polar surface area (TPSA) is 85.9 Å². The summed E-state index contributed by atoms with van der Waals surface area (Å²) in [6.45, 7) is 6.90. The quantitative estimate of drug-likeness (QED) is 0.403. The van der Waals surface area contributed by atoms with E-state index in [-0.39, 0.29) is 11.8 Å². The molecule has 0 aliphatic heterocycles. The third-order valence-corrected chi connectivity index (χ3v) is 4.81. The molecule has 2 N–H and O–H groups in total. The summed E-state index contributed by atoms with van der Waals surface area (Å²) in [5.74, 6) is 0.974. The largest absolute Gasteiger partial charge is 0.490 e. The van der Waals surface area contributed by atoms with Crippen LogP contribution in [-0.4, -0.2) is 31.6 Å². The molecule has 0 aliphatic carbocycles. The first kappa shape index (κ1) is 24.6. The number of rotatable bonds is 11. The van der Waals surface area contributed by atoms with Gasteiger partial charge in [-0.2, -0.15) is 0 Å². The molecule has 0 fully saturated rings. The minimum Gasteiger partial charge on any atom is -0.490 e. The van der Waals surface area contributed by atoms with E-state index in [2.05, 4.69) is 10.6 Å². The van der Waals surface area contributed by atoms with Crippen LogP contribution < -0.4 is 24.8 Å². The third kappa shape index (κ3) is 6.75. The first-order valence-electron chi connectivity index (χ1n) is 11.4. The lowest BCUT2D eigenvalue weighted by Crippen LogP contribution is -2.15. The third-order valence-electron chi connectivity index (χ3n) is 4.81. The van der Waals surface area contributed by atoms with Crippen LogP contribution in [0.3, 0.4) is 0 Å². The number of benzene rings is 3. The van der Waals surface area contributed by atoms with Gasteiger partial charge in [0.15, 0.2) is 11.5 Å². The van der Waals surface area contributed by atoms with E-state index in [9.17, 15) is 9.59 Å². The molecule has 7 heteroatoms. The van der Waals surface area contributed by atoms with Crippen molar-refractivity contribution in [3.63, 3.8) is 0 Å². The summed E-state index contributed by atoms with van der Waals surface area (Å²) < 4.78 is 17.1. The molecule has 7 nitrogen and oxygen atoms in total. The molecule has 0 heterocycles. The van der Waals surface area contributed by atoms with Crippen LogP contribution in [0.4, 0.5) is 11.4 Å². The number of nitrogens with one attached hydrogen (secondary N) is 2. The Bertz CT molecular complexity index is 1070. The fourth-order valence-corrected chi connectivity index (χ4v) is 3.35. The molecule has 2 amide bonds. The lowest BCUT2D eigenvalue weighted by Gasteiger charge is -2.17. The van der Waals surface area contributed by atoms with Crippen LogP contribution in [0.2, 0.25) is 0 Å². The predicted molar refractivity (Wildman–Crippen MR) is 133 cm³/mol. The average molecular weight is 463 g/mol. The molecule has 34 heavy (non-hydrogen) atoms. The lowest BCUT2D eigenvalue weighted by molar-refractivity contribution is -0.115. The van der Waals surface area contributed by atoms with Gasteiger partial charge < -0.3 is 24.8 Å². The number of anilines is 2. The van der Waals surface area contributed by atoms with E-state index in [1.54, 1.807) is 36.4 Å². The highest BCUT2D eigenvalue weighted by molar-refractivity contribution is 6.05. The smallest absolute Gasteiger partial charge is 0.255 e. The molecule has 0 atom stereocenters. The summed E-state index contributed by atoms with van der Waals surface area (Å²) in [7, 11) is 0. The number of hydrogen-bond acceptors (Lipinski definition) is 5. The molecule has 0 bridgehead atoms. The Morgan fingerprint density at radius 3 is 1.76 bits per heavy atom. The van der Waals surface area contributed by atoms with Crippen LogP contribution in [0.25, 0.3) is 0 Å². The molecule has 0 aromatic heterocycles. The summed E-state index contributed by atoms with van der Waals surface area (Å²) in [6.07, 6.45) is 0.293. The van der Waals surface area contributed by atoms with Crippen molar-refractivity contribution in [2.45, 2.75) is 27.2 Å². The number of amides is 2. The van der Waals surface area contributed by atoms with Crippen LogP contribution in [0.1, 0.15) is 36.7 Å². The van der Waals surface area contributed by atoms with Crippen molar-refractivity contribution in [1.29, 1.82) is 0 Å². The fraction of sp³-hybridized carbons (Fsp3) is 0.259. The molecule has 3 rings (SSSR count). The zero-order valence-electron chi connectivity index (χ0n) is 19.7. The van der Waals surface area contributed by atoms with E-state index in [1.807, 2.05) is 51.1 Å². The molecule has 0 saturated carbocycles. The van der Waals surface area contributed by atoms with Gasteiger partial charge in [-0.25, -0.2) is 0 Å². The molecule has 0 unspecified atom stereocenters. The Balaban J connectivity index is 1.69. The van der Waals surface area contributed by atoms with E-state index in [4.69, 9.17) is 14.2 Å². The summed E-state index contributed by atoms with van der Waals surface area (Å²) in [4.78, 5) is 25.2. The van der Waals surface area contributed by atoms with Gasteiger partial charge >= 0.3 is 0 Å². The standard InChI is InChI=1S/C27H30N2O5/c1-4-32-23-17-20(18-24(33-5-2)26(23)34-6-3)27(31)29-22-14-12-21(13-15-22)28-25(30)16-19-10-8-7-9-11-19/h7-15,17-18H,4-6,16H2,1-3H3,(H,28,30)(H,29,31). The Labute approximate surface area is 200 Å². The van der Waals surface area contributed by atoms with E-state index >= 15 is 0 Å². The lowest BCUT2D eigenvalue weighted by atomic mass is 10.1. The van der Waals surface area contributed by atoms with E-state index in [0.29, 0.717) is 60.4 Å². The second-order valence-electron chi connectivity index (χ2n) is 7.34. The summed E-state index contributed by atoms with van der Waals surface area (Å²) in [6, 6.07) is 19.8. The predicted octanol–water partition coefficient (Wildman–Crippen LogP) is 5.32. The molecule has 3 aromatic carbocycles. The Morgan fingerprint density at radius 2 is 1.24 bits per heavy atom. The normalized spacial score (nSPS) is 10.3. The summed E-state index contributed by atoms with van der Waals surface area (Å²) in [5, 5.41) is 5.73. The monoisotopic (exact) mass is 462 g/mol. The molecule has 178 valence electrons. The van der Waals surface area contributed by atoms with Gasteiger partial charge in [-0.05, 0) is 62.7 Å². The molecule has 3 aromatic rings. The Hall–Kier alpha value is -4.00. The molecule has 0 aliphatic rings. The minimum absolute atomic E-state index is 0.107. The first-order valence-corrected chi connectivity index (χ1v) is 11.4. The van der Waals surface area contributed by atoms with Gasteiger partial charge in [0, 0.05) is 16.9 Å². The zero-order chi connectivity index (χ0) is 24.3. The van der Waals surface area contributed by atoms with Gasteiger partial charge in [0.1, 0.15) is 0 Å². The van der Waals surface area contributed by atoms with Crippen LogP contribution in [0.15, 0.2) is 66.7 Å². The van der Waals surface area contributed by atoms with Crippen molar-refractivity contribution < 1.29 is 23.8 Å². The van der Waals surface area contributed by atoms with E-state index < -0.39 is 0 Å². The number of carbonyl (C=O) groups is 2. The number of carbonyl (C=O) groups excluding carboxylic acids is 2. The zero-order valence-corrected chi connectivity index (χ0v) is 19.7. The molecule has 0 radical (unpaired) electrons. The first-order chi connectivity index (χ1) is 16.5. The van der Waals surface area contributed by atoms with Crippen LogP contribution >= 0.6 is 0 Å². The number of hydrogen-bond donors (Lipinski definition) is 2. The maximum absolute atomic E-state index is 12.9. The van der Waals surface area contributed by atoms with Crippen LogP contribution in [0.5, 0.6) is 17.2 Å². The highest BCUT2D eigenvalue weighted by atomic mass is 16.5. The minimum atomic E-state index is -0.314. The van der Waals surface area contributed by atoms with Crippen LogP contribution in [-0.2, 0) is 11.2 Å². The molecule has 0 spiro atoms. The van der Waals surface area contributed by atoms with Crippen LogP contribution in [0, 0.1) is 0 Å². The fourth-order valence-electron chi connectivity index (χ4n) is 3.35. The highest BCUT2D eigenvalue weighted by Crippen LogP contribution is 2.39. The maximum atomic E-state index is 12.9. The van der Waals surface area contributed by atoms with Gasteiger partial charge in [0.05, 0.1) is 26.2 Å². The maximum Gasteiger partial charge on any atom is 0.255 e. The van der Waals surface area contributed by atoms with Gasteiger partial charge in [-0.1, -0.05) is 30.3 Å². The van der Waals surface area contributed by atoms with Crippen molar-refractivity contribution in [3.05, 3.63) is 77.9 Å². The molecular weight excluding hydrogens is 432 g/mol. The Morgan fingerprint density at radius 1 is 0.706 bits per heavy atom. The number of ether oxygens (including phenoxy) is 3. The van der Waals surface area contributed by atoms with Crippen molar-refractivity contribution >= 4 is 23.2 Å². The van der Waals surface area contributed by atoms with Crippen molar-refractivity contribution in [2.24, 2.45) is 0 Å².